The van der Waals surface area contributed by atoms with Crippen LogP contribution in [0.3, 0.4) is 0 Å². The molecular formula is C26H37N3O4. The van der Waals surface area contributed by atoms with Crippen LogP contribution in [0.15, 0.2) is 48.5 Å². The van der Waals surface area contributed by atoms with Gasteiger partial charge >= 0.3 is 0 Å². The number of nitrogens with one attached hydrogen (secondary N) is 3. The number of hydrogen-bond donors (Lipinski definition) is 3. The minimum absolute atomic E-state index is 0.127. The van der Waals surface area contributed by atoms with Crippen molar-refractivity contribution in [1.82, 2.24) is 5.32 Å². The van der Waals surface area contributed by atoms with Crippen molar-refractivity contribution < 1.29 is 19.1 Å². The summed E-state index contributed by atoms with van der Waals surface area (Å²) in [5.74, 6) is 0.481. The van der Waals surface area contributed by atoms with Crippen LogP contribution < -0.4 is 20.7 Å². The van der Waals surface area contributed by atoms with E-state index in [1.807, 2.05) is 24.3 Å². The second kappa shape index (κ2) is 15.7. The average Bonchev–Trinajstić information content (AvgIpc) is 2.83. The third-order valence-corrected chi connectivity index (χ3v) is 5.05. The van der Waals surface area contributed by atoms with E-state index in [2.05, 4.69) is 22.9 Å². The Morgan fingerprint density at radius 1 is 0.879 bits per heavy atom. The Labute approximate surface area is 197 Å². The number of anilines is 2. The fraction of sp³-hybridized carbons (Fsp3) is 0.462. The highest BCUT2D eigenvalue weighted by Gasteiger charge is 2.07. The molecule has 0 heterocycles. The highest BCUT2D eigenvalue weighted by molar-refractivity contribution is 5.96. The average molecular weight is 456 g/mol. The van der Waals surface area contributed by atoms with Gasteiger partial charge in [0.2, 0.25) is 5.91 Å². The topological polar surface area (TPSA) is 88.7 Å². The highest BCUT2D eigenvalue weighted by atomic mass is 16.5. The van der Waals surface area contributed by atoms with E-state index in [9.17, 15) is 9.59 Å². The summed E-state index contributed by atoms with van der Waals surface area (Å²) in [6.07, 6.45) is 6.76. The molecule has 180 valence electrons. The maximum absolute atomic E-state index is 12.3. The molecule has 0 saturated carbocycles. The first-order valence-electron chi connectivity index (χ1n) is 11.8. The first-order valence-corrected chi connectivity index (χ1v) is 11.8. The smallest absolute Gasteiger partial charge is 0.251 e. The van der Waals surface area contributed by atoms with Gasteiger partial charge in [-0.15, -0.1) is 0 Å². The van der Waals surface area contributed by atoms with Gasteiger partial charge in [-0.05, 0) is 49.2 Å². The number of carbonyl (C=O) groups excluding carboxylic acids is 2. The van der Waals surface area contributed by atoms with Gasteiger partial charge in [0.05, 0.1) is 13.2 Å². The predicted molar refractivity (Wildman–Crippen MR) is 133 cm³/mol. The molecule has 7 nitrogen and oxygen atoms in total. The van der Waals surface area contributed by atoms with Crippen molar-refractivity contribution in [3.63, 3.8) is 0 Å². The van der Waals surface area contributed by atoms with Crippen LogP contribution in [0.1, 0.15) is 55.8 Å². The fourth-order valence-corrected chi connectivity index (χ4v) is 3.20. The molecule has 2 rings (SSSR count). The van der Waals surface area contributed by atoms with E-state index in [1.165, 1.54) is 25.7 Å². The van der Waals surface area contributed by atoms with Crippen molar-refractivity contribution in [1.29, 1.82) is 0 Å². The summed E-state index contributed by atoms with van der Waals surface area (Å²) in [6.45, 7) is 4.20. The van der Waals surface area contributed by atoms with Gasteiger partial charge < -0.3 is 25.4 Å². The van der Waals surface area contributed by atoms with Gasteiger partial charge in [-0.3, -0.25) is 9.59 Å². The molecule has 7 heteroatoms. The third-order valence-electron chi connectivity index (χ3n) is 5.05. The maximum atomic E-state index is 12.3. The molecule has 0 aliphatic carbocycles. The lowest BCUT2D eigenvalue weighted by molar-refractivity contribution is -0.114. The number of amides is 2. The Hall–Kier alpha value is -3.06. The SMILES string of the molecule is CCCCCCCOc1cccc(NCC(=O)Nc2ccc(C(=O)NCCCOC)cc2)c1. The van der Waals surface area contributed by atoms with Crippen molar-refractivity contribution in [2.24, 2.45) is 0 Å². The minimum atomic E-state index is -0.172. The fourth-order valence-electron chi connectivity index (χ4n) is 3.20. The molecule has 0 bridgehead atoms. The first kappa shape index (κ1) is 26.2. The molecule has 0 unspecified atom stereocenters. The van der Waals surface area contributed by atoms with Gasteiger partial charge in [0.1, 0.15) is 5.75 Å². The molecule has 2 aromatic carbocycles. The Balaban J connectivity index is 1.71. The van der Waals surface area contributed by atoms with Crippen molar-refractivity contribution in [3.05, 3.63) is 54.1 Å². The molecule has 0 atom stereocenters. The summed E-state index contributed by atoms with van der Waals surface area (Å²) >= 11 is 0. The van der Waals surface area contributed by atoms with Gasteiger partial charge in [0, 0.05) is 43.3 Å². The van der Waals surface area contributed by atoms with Crippen LogP contribution in [-0.2, 0) is 9.53 Å². The van der Waals surface area contributed by atoms with E-state index in [1.54, 1.807) is 31.4 Å². The summed E-state index contributed by atoms with van der Waals surface area (Å²) in [5.41, 5.74) is 2.01. The van der Waals surface area contributed by atoms with Crippen molar-refractivity contribution in [3.8, 4) is 5.75 Å². The summed E-state index contributed by atoms with van der Waals surface area (Å²) < 4.78 is 10.8. The van der Waals surface area contributed by atoms with E-state index in [0.29, 0.717) is 31.0 Å². The van der Waals surface area contributed by atoms with E-state index < -0.39 is 0 Å². The Bertz CT molecular complexity index is 840. The third kappa shape index (κ3) is 10.9. The van der Waals surface area contributed by atoms with Gasteiger partial charge in [0.15, 0.2) is 0 Å². The largest absolute Gasteiger partial charge is 0.494 e. The number of rotatable bonds is 16. The van der Waals surface area contributed by atoms with Gasteiger partial charge in [0.25, 0.3) is 5.91 Å². The number of unbranched alkanes of at least 4 members (excludes halogenated alkanes) is 4. The summed E-state index contributed by atoms with van der Waals surface area (Å²) in [7, 11) is 1.63. The van der Waals surface area contributed by atoms with Gasteiger partial charge in [-0.1, -0.05) is 38.7 Å². The lowest BCUT2D eigenvalue weighted by atomic mass is 10.2. The van der Waals surface area contributed by atoms with Crippen LogP contribution >= 0.6 is 0 Å². The molecule has 0 radical (unpaired) electrons. The molecule has 0 saturated heterocycles. The van der Waals surface area contributed by atoms with E-state index in [-0.39, 0.29) is 18.4 Å². The molecule has 0 aliphatic rings. The highest BCUT2D eigenvalue weighted by Crippen LogP contribution is 2.18. The maximum Gasteiger partial charge on any atom is 0.251 e. The number of carbonyl (C=O) groups is 2. The Morgan fingerprint density at radius 3 is 2.42 bits per heavy atom. The van der Waals surface area contributed by atoms with Gasteiger partial charge in [-0.2, -0.15) is 0 Å². The zero-order chi connectivity index (χ0) is 23.7. The molecule has 0 aliphatic heterocycles. The van der Waals surface area contributed by atoms with Crippen molar-refractivity contribution in [2.75, 3.05) is 44.0 Å². The monoisotopic (exact) mass is 455 g/mol. The van der Waals surface area contributed by atoms with Crippen LogP contribution in [-0.4, -0.2) is 45.2 Å². The predicted octanol–water partition coefficient (Wildman–Crippen LogP) is 4.85. The zero-order valence-corrected chi connectivity index (χ0v) is 19.8. The van der Waals surface area contributed by atoms with Crippen LogP contribution in [0.2, 0.25) is 0 Å². The number of hydrogen-bond acceptors (Lipinski definition) is 5. The normalized spacial score (nSPS) is 10.5. The first-order chi connectivity index (χ1) is 16.1. The molecule has 0 fully saturated rings. The Morgan fingerprint density at radius 2 is 1.67 bits per heavy atom. The molecule has 2 aromatic rings. The quantitative estimate of drug-likeness (QED) is 0.315. The van der Waals surface area contributed by atoms with E-state index in [0.717, 1.165) is 24.3 Å². The standard InChI is InChI=1S/C26H37N3O4/c1-3-4-5-6-7-18-33-24-11-8-10-23(19-24)28-20-25(30)29-22-14-12-21(13-15-22)26(31)27-16-9-17-32-2/h8,10-15,19,28H,3-7,9,16-18,20H2,1-2H3,(H,27,31)(H,29,30). The lowest BCUT2D eigenvalue weighted by Gasteiger charge is -2.11. The van der Waals surface area contributed by atoms with Gasteiger partial charge in [-0.25, -0.2) is 0 Å². The lowest BCUT2D eigenvalue weighted by Crippen LogP contribution is -2.25. The molecule has 0 aromatic heterocycles. The minimum Gasteiger partial charge on any atom is -0.494 e. The van der Waals surface area contributed by atoms with Crippen LogP contribution in [0.4, 0.5) is 11.4 Å². The van der Waals surface area contributed by atoms with E-state index >= 15 is 0 Å². The van der Waals surface area contributed by atoms with Crippen LogP contribution in [0.5, 0.6) is 5.75 Å². The van der Waals surface area contributed by atoms with Crippen LogP contribution in [0.25, 0.3) is 0 Å². The summed E-state index contributed by atoms with van der Waals surface area (Å²) in [5, 5.41) is 8.78. The second-order valence-electron chi connectivity index (χ2n) is 7.87. The van der Waals surface area contributed by atoms with Crippen molar-refractivity contribution in [2.45, 2.75) is 45.4 Å². The summed E-state index contributed by atoms with van der Waals surface area (Å²) in [6, 6.07) is 14.5. The van der Waals surface area contributed by atoms with E-state index in [4.69, 9.17) is 9.47 Å². The molecular weight excluding hydrogens is 418 g/mol. The Kier molecular flexibility index (Phi) is 12.5. The van der Waals surface area contributed by atoms with Crippen molar-refractivity contribution >= 4 is 23.2 Å². The molecule has 2 amide bonds. The summed E-state index contributed by atoms with van der Waals surface area (Å²) in [4.78, 5) is 24.4. The number of benzene rings is 2. The zero-order valence-electron chi connectivity index (χ0n) is 19.8. The van der Waals surface area contributed by atoms with Crippen LogP contribution in [0, 0.1) is 0 Å². The molecule has 3 N–H and O–H groups in total. The number of ether oxygens (including phenoxy) is 2. The number of methoxy groups -OCH3 is 1. The molecule has 33 heavy (non-hydrogen) atoms. The molecule has 0 spiro atoms. The second-order valence-corrected chi connectivity index (χ2v) is 7.87.